The van der Waals surface area contributed by atoms with Crippen molar-refractivity contribution in [1.29, 1.82) is 0 Å². The molecule has 1 aromatic heterocycles. The lowest BCUT2D eigenvalue weighted by Gasteiger charge is -2.34. The van der Waals surface area contributed by atoms with Gasteiger partial charge in [0.05, 0.1) is 17.7 Å². The SMILES string of the molecule is COc1ccc(-n2ccc3c2CC(C)(C)CC3O)cc1Br. The highest BCUT2D eigenvalue weighted by atomic mass is 79.9. The minimum absolute atomic E-state index is 0.117. The number of nitrogens with zero attached hydrogens (tertiary/aromatic N) is 1. The average Bonchev–Trinajstić information content (AvgIpc) is 2.81. The molecule has 3 rings (SSSR count). The van der Waals surface area contributed by atoms with Gasteiger partial charge in [-0.05, 0) is 58.5 Å². The molecule has 0 amide bonds. The van der Waals surface area contributed by atoms with Crippen LogP contribution in [-0.2, 0) is 6.42 Å². The van der Waals surface area contributed by atoms with Gasteiger partial charge in [-0.1, -0.05) is 13.8 Å². The van der Waals surface area contributed by atoms with Gasteiger partial charge < -0.3 is 14.4 Å². The molecule has 0 spiro atoms. The maximum absolute atomic E-state index is 10.4. The lowest BCUT2D eigenvalue weighted by molar-refractivity contribution is 0.0987. The standard InChI is InChI=1S/C17H20BrNO2/c1-17(2)9-14-12(15(20)10-17)6-7-19(14)11-4-5-16(21-3)13(18)8-11/h4-8,15,20H,9-10H2,1-3H3. The number of benzene rings is 1. The predicted octanol–water partition coefficient (Wildman–Crippen LogP) is 4.25. The number of halogens is 1. The van der Waals surface area contributed by atoms with Crippen molar-refractivity contribution >= 4 is 15.9 Å². The van der Waals surface area contributed by atoms with E-state index in [4.69, 9.17) is 4.74 Å². The van der Waals surface area contributed by atoms with Crippen molar-refractivity contribution in [3.05, 3.63) is 46.2 Å². The third-order valence-corrected chi connectivity index (χ3v) is 4.81. The minimum atomic E-state index is -0.369. The Morgan fingerprint density at radius 2 is 2.10 bits per heavy atom. The van der Waals surface area contributed by atoms with Crippen LogP contribution in [0.5, 0.6) is 5.75 Å². The van der Waals surface area contributed by atoms with Crippen molar-refractivity contribution in [2.45, 2.75) is 32.8 Å². The third-order valence-electron chi connectivity index (χ3n) is 4.19. The normalized spacial score (nSPS) is 20.1. The summed E-state index contributed by atoms with van der Waals surface area (Å²) < 4.78 is 8.39. The van der Waals surface area contributed by atoms with Crippen molar-refractivity contribution in [3.8, 4) is 11.4 Å². The maximum atomic E-state index is 10.4. The third kappa shape index (κ3) is 2.62. The topological polar surface area (TPSA) is 34.4 Å². The van der Waals surface area contributed by atoms with Crippen molar-refractivity contribution in [2.75, 3.05) is 7.11 Å². The van der Waals surface area contributed by atoms with Crippen LogP contribution >= 0.6 is 15.9 Å². The predicted molar refractivity (Wildman–Crippen MR) is 87.1 cm³/mol. The Bertz CT molecular complexity index is 675. The zero-order valence-corrected chi connectivity index (χ0v) is 14.1. The molecule has 21 heavy (non-hydrogen) atoms. The summed E-state index contributed by atoms with van der Waals surface area (Å²) in [4.78, 5) is 0. The highest BCUT2D eigenvalue weighted by Gasteiger charge is 2.33. The van der Waals surface area contributed by atoms with Gasteiger partial charge in [0.25, 0.3) is 0 Å². The largest absolute Gasteiger partial charge is 0.496 e. The quantitative estimate of drug-likeness (QED) is 0.879. The fraction of sp³-hybridized carbons (Fsp3) is 0.412. The van der Waals surface area contributed by atoms with Gasteiger partial charge >= 0.3 is 0 Å². The Balaban J connectivity index is 2.07. The highest BCUT2D eigenvalue weighted by Crippen LogP contribution is 2.42. The highest BCUT2D eigenvalue weighted by molar-refractivity contribution is 9.10. The van der Waals surface area contributed by atoms with Crippen LogP contribution in [-0.4, -0.2) is 16.8 Å². The summed E-state index contributed by atoms with van der Waals surface area (Å²) in [5, 5.41) is 10.4. The van der Waals surface area contributed by atoms with Crippen molar-refractivity contribution in [3.63, 3.8) is 0 Å². The van der Waals surface area contributed by atoms with Crippen LogP contribution in [0.4, 0.5) is 0 Å². The summed E-state index contributed by atoms with van der Waals surface area (Å²) in [6, 6.07) is 8.08. The maximum Gasteiger partial charge on any atom is 0.133 e. The summed E-state index contributed by atoms with van der Waals surface area (Å²) >= 11 is 3.54. The fourth-order valence-corrected chi connectivity index (χ4v) is 3.71. The molecule has 0 bridgehead atoms. The Hall–Kier alpha value is -1.26. The van der Waals surface area contributed by atoms with E-state index in [1.165, 1.54) is 5.69 Å². The molecule has 2 aromatic rings. The number of ether oxygens (including phenoxy) is 1. The first kappa shape index (κ1) is 14.7. The molecule has 0 saturated carbocycles. The van der Waals surface area contributed by atoms with Crippen LogP contribution in [0.3, 0.4) is 0 Å². The second kappa shape index (κ2) is 5.18. The number of rotatable bonds is 2. The summed E-state index contributed by atoms with van der Waals surface area (Å²) in [6.07, 6.45) is 3.46. The van der Waals surface area contributed by atoms with E-state index in [0.717, 1.165) is 34.3 Å². The molecule has 0 saturated heterocycles. The van der Waals surface area contributed by atoms with Crippen molar-refractivity contribution in [2.24, 2.45) is 5.41 Å². The molecule has 0 aliphatic heterocycles. The van der Waals surface area contributed by atoms with E-state index in [2.05, 4.69) is 34.3 Å². The van der Waals surface area contributed by atoms with Gasteiger partial charge in [-0.2, -0.15) is 0 Å². The number of hydrogen-bond donors (Lipinski definition) is 1. The molecule has 0 fully saturated rings. The smallest absolute Gasteiger partial charge is 0.133 e. The van der Waals surface area contributed by atoms with Crippen molar-refractivity contribution in [1.82, 2.24) is 4.57 Å². The lowest BCUT2D eigenvalue weighted by Crippen LogP contribution is -2.26. The molecule has 1 N–H and O–H groups in total. The van der Waals surface area contributed by atoms with Gasteiger partial charge in [0.1, 0.15) is 5.75 Å². The number of aromatic nitrogens is 1. The Labute approximate surface area is 133 Å². The molecule has 1 atom stereocenters. The second-order valence-corrected chi connectivity index (χ2v) is 7.32. The Kier molecular flexibility index (Phi) is 3.62. The lowest BCUT2D eigenvalue weighted by atomic mass is 9.75. The molecule has 0 radical (unpaired) electrons. The number of hydrogen-bond acceptors (Lipinski definition) is 2. The van der Waals surface area contributed by atoms with Gasteiger partial charge in [0, 0.05) is 23.1 Å². The first-order valence-corrected chi connectivity index (χ1v) is 7.93. The molecular weight excluding hydrogens is 330 g/mol. The fourth-order valence-electron chi connectivity index (χ4n) is 3.18. The minimum Gasteiger partial charge on any atom is -0.496 e. The van der Waals surface area contributed by atoms with E-state index in [0.29, 0.717) is 0 Å². The summed E-state index contributed by atoms with van der Waals surface area (Å²) in [6.45, 7) is 4.42. The van der Waals surface area contributed by atoms with E-state index in [1.54, 1.807) is 7.11 Å². The van der Waals surface area contributed by atoms with Gasteiger partial charge in [-0.3, -0.25) is 0 Å². The van der Waals surface area contributed by atoms with Crippen LogP contribution in [0.25, 0.3) is 5.69 Å². The molecule has 1 unspecified atom stereocenters. The number of aliphatic hydroxyl groups is 1. The molecule has 1 aliphatic rings. The van der Waals surface area contributed by atoms with Crippen LogP contribution < -0.4 is 4.74 Å². The average molecular weight is 350 g/mol. The molecule has 3 nitrogen and oxygen atoms in total. The van der Waals surface area contributed by atoms with Crippen LogP contribution in [0.1, 0.15) is 37.6 Å². The van der Waals surface area contributed by atoms with E-state index >= 15 is 0 Å². The number of methoxy groups -OCH3 is 1. The van der Waals surface area contributed by atoms with Gasteiger partial charge in [0.2, 0.25) is 0 Å². The summed E-state index contributed by atoms with van der Waals surface area (Å²) in [7, 11) is 1.66. The Morgan fingerprint density at radius 3 is 2.76 bits per heavy atom. The van der Waals surface area contributed by atoms with Gasteiger partial charge in [0.15, 0.2) is 0 Å². The van der Waals surface area contributed by atoms with E-state index in [9.17, 15) is 5.11 Å². The van der Waals surface area contributed by atoms with Gasteiger partial charge in [-0.25, -0.2) is 0 Å². The van der Waals surface area contributed by atoms with Crippen LogP contribution in [0.2, 0.25) is 0 Å². The second-order valence-electron chi connectivity index (χ2n) is 6.47. The molecule has 1 aliphatic carbocycles. The van der Waals surface area contributed by atoms with E-state index in [-0.39, 0.29) is 11.5 Å². The summed E-state index contributed by atoms with van der Waals surface area (Å²) in [5.74, 6) is 0.820. The molecular formula is C17H20BrNO2. The number of aliphatic hydroxyl groups excluding tert-OH is 1. The van der Waals surface area contributed by atoms with E-state index < -0.39 is 0 Å². The number of fused-ring (bicyclic) bond motifs is 1. The molecule has 1 heterocycles. The monoisotopic (exact) mass is 349 g/mol. The van der Waals surface area contributed by atoms with E-state index in [1.807, 2.05) is 30.5 Å². The first-order chi connectivity index (χ1) is 9.91. The van der Waals surface area contributed by atoms with Crippen LogP contribution in [0.15, 0.2) is 34.9 Å². The first-order valence-electron chi connectivity index (χ1n) is 7.13. The molecule has 112 valence electrons. The van der Waals surface area contributed by atoms with Gasteiger partial charge in [-0.15, -0.1) is 0 Å². The zero-order valence-electron chi connectivity index (χ0n) is 12.6. The summed E-state index contributed by atoms with van der Waals surface area (Å²) in [5.41, 5.74) is 3.46. The van der Waals surface area contributed by atoms with Crippen molar-refractivity contribution < 1.29 is 9.84 Å². The Morgan fingerprint density at radius 1 is 1.33 bits per heavy atom. The van der Waals surface area contributed by atoms with Crippen LogP contribution in [0, 0.1) is 5.41 Å². The zero-order chi connectivity index (χ0) is 15.2. The molecule has 1 aromatic carbocycles. The molecule has 4 heteroatoms.